The van der Waals surface area contributed by atoms with Gasteiger partial charge in [0.1, 0.15) is 0 Å². The lowest BCUT2D eigenvalue weighted by atomic mass is 10.1. The SMILES string of the molecule is Cc1cc(C)cc(CSCC2(C)CO2)c1. The van der Waals surface area contributed by atoms with E-state index >= 15 is 0 Å². The van der Waals surface area contributed by atoms with Crippen LogP contribution in [0, 0.1) is 13.8 Å². The maximum Gasteiger partial charge on any atom is 0.0978 e. The number of epoxide rings is 1. The van der Waals surface area contributed by atoms with Crippen LogP contribution in [0.15, 0.2) is 18.2 Å². The van der Waals surface area contributed by atoms with Crippen molar-refractivity contribution >= 4 is 11.8 Å². The van der Waals surface area contributed by atoms with Gasteiger partial charge in [0.25, 0.3) is 0 Å². The smallest absolute Gasteiger partial charge is 0.0978 e. The van der Waals surface area contributed by atoms with Gasteiger partial charge in [-0.25, -0.2) is 0 Å². The summed E-state index contributed by atoms with van der Waals surface area (Å²) in [7, 11) is 0. The predicted octanol–water partition coefficient (Wildman–Crippen LogP) is 3.33. The lowest BCUT2D eigenvalue weighted by Gasteiger charge is -2.06. The summed E-state index contributed by atoms with van der Waals surface area (Å²) in [5.41, 5.74) is 4.34. The summed E-state index contributed by atoms with van der Waals surface area (Å²) in [6.45, 7) is 7.44. The summed E-state index contributed by atoms with van der Waals surface area (Å²) in [5.74, 6) is 2.21. The van der Waals surface area contributed by atoms with Crippen molar-refractivity contribution in [2.24, 2.45) is 0 Å². The molecule has 0 N–H and O–H groups in total. The second-order valence-electron chi connectivity index (χ2n) is 4.73. The second kappa shape index (κ2) is 4.18. The largest absolute Gasteiger partial charge is 0.369 e. The zero-order valence-corrected chi connectivity index (χ0v) is 10.5. The summed E-state index contributed by atoms with van der Waals surface area (Å²) in [5, 5.41) is 0. The summed E-state index contributed by atoms with van der Waals surface area (Å²) < 4.78 is 5.36. The molecule has 0 aliphatic carbocycles. The highest BCUT2D eigenvalue weighted by atomic mass is 32.2. The topological polar surface area (TPSA) is 12.5 Å². The van der Waals surface area contributed by atoms with Gasteiger partial charge in [-0.3, -0.25) is 0 Å². The highest BCUT2D eigenvalue weighted by molar-refractivity contribution is 7.98. The second-order valence-corrected chi connectivity index (χ2v) is 5.71. The fourth-order valence-corrected chi connectivity index (χ4v) is 2.85. The maximum atomic E-state index is 5.36. The van der Waals surface area contributed by atoms with E-state index in [-0.39, 0.29) is 5.60 Å². The molecule has 1 saturated heterocycles. The molecule has 1 aliphatic rings. The lowest BCUT2D eigenvalue weighted by molar-refractivity contribution is 0.348. The summed E-state index contributed by atoms with van der Waals surface area (Å²) in [6.07, 6.45) is 0. The van der Waals surface area contributed by atoms with Gasteiger partial charge in [-0.15, -0.1) is 0 Å². The number of hydrogen-bond acceptors (Lipinski definition) is 2. The van der Waals surface area contributed by atoms with Crippen LogP contribution in [0.2, 0.25) is 0 Å². The highest BCUT2D eigenvalue weighted by Crippen LogP contribution is 2.31. The first-order chi connectivity index (χ1) is 7.07. The number of ether oxygens (including phenoxy) is 1. The molecule has 1 atom stereocenters. The molecule has 2 heteroatoms. The standard InChI is InChI=1S/C13H18OS/c1-10-4-11(2)6-12(5-10)7-15-9-13(3)8-14-13/h4-6H,7-9H2,1-3H3. The van der Waals surface area contributed by atoms with Crippen molar-refractivity contribution in [3.8, 4) is 0 Å². The Morgan fingerprint density at radius 1 is 1.27 bits per heavy atom. The van der Waals surface area contributed by atoms with E-state index in [1.807, 2.05) is 11.8 Å². The van der Waals surface area contributed by atoms with Crippen molar-refractivity contribution in [1.82, 2.24) is 0 Å². The molecule has 0 radical (unpaired) electrons. The van der Waals surface area contributed by atoms with Crippen molar-refractivity contribution in [2.45, 2.75) is 32.1 Å². The van der Waals surface area contributed by atoms with Gasteiger partial charge < -0.3 is 4.74 Å². The van der Waals surface area contributed by atoms with Gasteiger partial charge in [-0.05, 0) is 26.3 Å². The Kier molecular flexibility index (Phi) is 3.08. The van der Waals surface area contributed by atoms with Gasteiger partial charge in [-0.2, -0.15) is 11.8 Å². The zero-order chi connectivity index (χ0) is 10.9. The molecule has 1 nitrogen and oxygen atoms in total. The first-order valence-corrected chi connectivity index (χ1v) is 6.52. The summed E-state index contributed by atoms with van der Waals surface area (Å²) in [6, 6.07) is 6.77. The molecule has 82 valence electrons. The van der Waals surface area contributed by atoms with Crippen LogP contribution >= 0.6 is 11.8 Å². The van der Waals surface area contributed by atoms with E-state index in [0.29, 0.717) is 0 Å². The van der Waals surface area contributed by atoms with Crippen LogP contribution in [0.4, 0.5) is 0 Å². The van der Waals surface area contributed by atoms with Crippen LogP contribution < -0.4 is 0 Å². The van der Waals surface area contributed by atoms with Crippen LogP contribution in [0.1, 0.15) is 23.6 Å². The van der Waals surface area contributed by atoms with Crippen molar-refractivity contribution in [3.63, 3.8) is 0 Å². The predicted molar refractivity (Wildman–Crippen MR) is 66.4 cm³/mol. The molecule has 2 rings (SSSR count). The van der Waals surface area contributed by atoms with Gasteiger partial charge >= 0.3 is 0 Å². The summed E-state index contributed by atoms with van der Waals surface area (Å²) >= 11 is 1.97. The van der Waals surface area contributed by atoms with E-state index in [4.69, 9.17) is 4.74 Å². The van der Waals surface area contributed by atoms with E-state index in [1.165, 1.54) is 16.7 Å². The Balaban J connectivity index is 1.87. The molecule has 0 bridgehead atoms. The van der Waals surface area contributed by atoms with Crippen LogP contribution in [-0.4, -0.2) is 18.0 Å². The molecule has 1 aliphatic heterocycles. The van der Waals surface area contributed by atoms with E-state index < -0.39 is 0 Å². The van der Waals surface area contributed by atoms with Crippen molar-refractivity contribution < 1.29 is 4.74 Å². The van der Waals surface area contributed by atoms with Gasteiger partial charge in [0.2, 0.25) is 0 Å². The third-order valence-electron chi connectivity index (χ3n) is 2.59. The molecule has 0 aromatic heterocycles. The van der Waals surface area contributed by atoms with Gasteiger partial charge in [-0.1, -0.05) is 29.3 Å². The highest BCUT2D eigenvalue weighted by Gasteiger charge is 2.38. The average Bonchev–Trinajstić information content (AvgIpc) is 2.82. The van der Waals surface area contributed by atoms with E-state index in [1.54, 1.807) is 0 Å². The van der Waals surface area contributed by atoms with Crippen molar-refractivity contribution in [3.05, 3.63) is 34.9 Å². The Morgan fingerprint density at radius 2 is 1.87 bits per heavy atom. The minimum Gasteiger partial charge on any atom is -0.369 e. The number of rotatable bonds is 4. The fourth-order valence-electron chi connectivity index (χ4n) is 1.74. The minimum atomic E-state index is 0.184. The van der Waals surface area contributed by atoms with Crippen LogP contribution in [-0.2, 0) is 10.5 Å². The quantitative estimate of drug-likeness (QED) is 0.725. The van der Waals surface area contributed by atoms with Gasteiger partial charge in [0.15, 0.2) is 0 Å². The van der Waals surface area contributed by atoms with Crippen LogP contribution in [0.5, 0.6) is 0 Å². The minimum absolute atomic E-state index is 0.184. The van der Waals surface area contributed by atoms with Gasteiger partial charge in [0.05, 0.1) is 12.2 Å². The molecule has 1 unspecified atom stereocenters. The Labute approximate surface area is 96.2 Å². The molecule has 1 aromatic rings. The van der Waals surface area contributed by atoms with Gasteiger partial charge in [0, 0.05) is 11.5 Å². The van der Waals surface area contributed by atoms with Crippen molar-refractivity contribution in [1.29, 1.82) is 0 Å². The molecular formula is C13H18OS. The number of hydrogen-bond donors (Lipinski definition) is 0. The van der Waals surface area contributed by atoms with Crippen molar-refractivity contribution in [2.75, 3.05) is 12.4 Å². The summed E-state index contributed by atoms with van der Waals surface area (Å²) in [4.78, 5) is 0. The first kappa shape index (κ1) is 11.0. The Morgan fingerprint density at radius 3 is 2.40 bits per heavy atom. The third kappa shape index (κ3) is 3.25. The zero-order valence-electron chi connectivity index (χ0n) is 9.67. The molecule has 1 aromatic carbocycles. The molecule has 0 amide bonds. The number of thioether (sulfide) groups is 1. The van der Waals surface area contributed by atoms with Crippen LogP contribution in [0.3, 0.4) is 0 Å². The average molecular weight is 222 g/mol. The molecule has 15 heavy (non-hydrogen) atoms. The van der Waals surface area contributed by atoms with E-state index in [9.17, 15) is 0 Å². The Hall–Kier alpha value is -0.470. The van der Waals surface area contributed by atoms with Crippen LogP contribution in [0.25, 0.3) is 0 Å². The lowest BCUT2D eigenvalue weighted by Crippen LogP contribution is -2.07. The number of aryl methyl sites for hydroxylation is 2. The molecular weight excluding hydrogens is 204 g/mol. The van der Waals surface area contributed by atoms with E-state index in [2.05, 4.69) is 39.0 Å². The van der Waals surface area contributed by atoms with E-state index in [0.717, 1.165) is 18.1 Å². The number of benzene rings is 1. The normalized spacial score (nSPS) is 24.2. The molecule has 0 saturated carbocycles. The third-order valence-corrected chi connectivity index (χ3v) is 3.95. The molecule has 0 spiro atoms. The monoisotopic (exact) mass is 222 g/mol. The Bertz CT molecular complexity index is 335. The fraction of sp³-hybridized carbons (Fsp3) is 0.538. The maximum absolute atomic E-state index is 5.36. The first-order valence-electron chi connectivity index (χ1n) is 5.36. The molecule has 1 fully saturated rings. The molecule has 1 heterocycles.